The minimum Gasteiger partial charge on any atom is -0.508 e. The van der Waals surface area contributed by atoms with E-state index in [1.807, 2.05) is 19.1 Å². The Balaban J connectivity index is 2.96. The van der Waals surface area contributed by atoms with Gasteiger partial charge < -0.3 is 9.84 Å². The van der Waals surface area contributed by atoms with Gasteiger partial charge in [0, 0.05) is 5.56 Å². The summed E-state index contributed by atoms with van der Waals surface area (Å²) in [6.45, 7) is 6.47. The molecule has 0 aliphatic carbocycles. The molecule has 0 aliphatic heterocycles. The third kappa shape index (κ3) is 3.99. The molecule has 0 radical (unpaired) electrons. The van der Waals surface area contributed by atoms with E-state index in [0.717, 1.165) is 25.7 Å². The lowest BCUT2D eigenvalue weighted by atomic mass is 9.77. The Bertz CT molecular complexity index is 428. The predicted molar refractivity (Wildman–Crippen MR) is 80.9 cm³/mol. The molecule has 1 N–H and O–H groups in total. The standard InChI is InChI=1S/C17H26O3/c1-4-6-12-17(3,16(19)20-13-7-5-2)14-10-8-9-11-15(14)18/h8-11,18H,4-7,12-13H2,1-3H3. The first-order valence-corrected chi connectivity index (χ1v) is 7.52. The van der Waals surface area contributed by atoms with Crippen molar-refractivity contribution in [3.05, 3.63) is 29.8 Å². The van der Waals surface area contributed by atoms with Crippen molar-refractivity contribution < 1.29 is 14.6 Å². The molecule has 0 bridgehead atoms. The summed E-state index contributed by atoms with van der Waals surface area (Å²) in [5, 5.41) is 10.1. The number of hydrogen-bond donors (Lipinski definition) is 1. The Kier molecular flexibility index (Phi) is 6.56. The van der Waals surface area contributed by atoms with Gasteiger partial charge in [-0.1, -0.05) is 51.3 Å². The first-order valence-electron chi connectivity index (χ1n) is 7.52. The lowest BCUT2D eigenvalue weighted by Crippen LogP contribution is -2.34. The quantitative estimate of drug-likeness (QED) is 0.573. The fourth-order valence-electron chi connectivity index (χ4n) is 2.29. The monoisotopic (exact) mass is 278 g/mol. The van der Waals surface area contributed by atoms with Crippen molar-refractivity contribution in [3.63, 3.8) is 0 Å². The van der Waals surface area contributed by atoms with Crippen LogP contribution in [0.15, 0.2) is 24.3 Å². The van der Waals surface area contributed by atoms with E-state index >= 15 is 0 Å². The van der Waals surface area contributed by atoms with Gasteiger partial charge in [-0.15, -0.1) is 0 Å². The van der Waals surface area contributed by atoms with Crippen molar-refractivity contribution in [2.75, 3.05) is 6.61 Å². The van der Waals surface area contributed by atoms with Gasteiger partial charge in [0.1, 0.15) is 5.75 Å². The van der Waals surface area contributed by atoms with Crippen LogP contribution in [0.25, 0.3) is 0 Å². The molecule has 0 aliphatic rings. The highest BCUT2D eigenvalue weighted by molar-refractivity contribution is 5.83. The maximum absolute atomic E-state index is 12.5. The van der Waals surface area contributed by atoms with Crippen LogP contribution in [0.2, 0.25) is 0 Å². The van der Waals surface area contributed by atoms with Crippen molar-refractivity contribution in [1.29, 1.82) is 0 Å². The second-order valence-electron chi connectivity index (χ2n) is 5.44. The molecule has 1 rings (SSSR count). The van der Waals surface area contributed by atoms with Crippen molar-refractivity contribution in [2.24, 2.45) is 0 Å². The number of carbonyl (C=O) groups excluding carboxylic acids is 1. The average molecular weight is 278 g/mol. The molecule has 0 heterocycles. The molecule has 112 valence electrons. The van der Waals surface area contributed by atoms with E-state index < -0.39 is 5.41 Å². The summed E-state index contributed by atoms with van der Waals surface area (Å²) in [6, 6.07) is 7.05. The van der Waals surface area contributed by atoms with E-state index in [0.29, 0.717) is 18.6 Å². The van der Waals surface area contributed by atoms with Gasteiger partial charge in [0.2, 0.25) is 0 Å². The van der Waals surface area contributed by atoms with Crippen LogP contribution in [-0.2, 0) is 14.9 Å². The average Bonchev–Trinajstić information content (AvgIpc) is 2.45. The third-order valence-corrected chi connectivity index (χ3v) is 3.71. The van der Waals surface area contributed by atoms with Crippen LogP contribution in [0, 0.1) is 0 Å². The molecule has 3 nitrogen and oxygen atoms in total. The number of hydrogen-bond acceptors (Lipinski definition) is 3. The van der Waals surface area contributed by atoms with Gasteiger partial charge in [0.15, 0.2) is 0 Å². The molecule has 0 saturated carbocycles. The molecule has 0 saturated heterocycles. The first-order chi connectivity index (χ1) is 9.56. The predicted octanol–water partition coefficient (Wildman–Crippen LogP) is 4.18. The Morgan fingerprint density at radius 1 is 1.20 bits per heavy atom. The number of carbonyl (C=O) groups is 1. The van der Waals surface area contributed by atoms with Gasteiger partial charge in [-0.25, -0.2) is 0 Å². The zero-order valence-electron chi connectivity index (χ0n) is 12.8. The van der Waals surface area contributed by atoms with Crippen LogP contribution < -0.4 is 0 Å². The highest BCUT2D eigenvalue weighted by atomic mass is 16.5. The zero-order valence-corrected chi connectivity index (χ0v) is 12.8. The van der Waals surface area contributed by atoms with E-state index in [2.05, 4.69) is 13.8 Å². The lowest BCUT2D eigenvalue weighted by Gasteiger charge is -2.28. The summed E-state index contributed by atoms with van der Waals surface area (Å²) >= 11 is 0. The fourth-order valence-corrected chi connectivity index (χ4v) is 2.29. The van der Waals surface area contributed by atoms with Crippen LogP contribution in [0.1, 0.15) is 58.4 Å². The lowest BCUT2D eigenvalue weighted by molar-refractivity contribution is -0.150. The van der Waals surface area contributed by atoms with E-state index in [4.69, 9.17) is 4.74 Å². The van der Waals surface area contributed by atoms with Gasteiger partial charge in [0.05, 0.1) is 12.0 Å². The van der Waals surface area contributed by atoms with Crippen LogP contribution in [-0.4, -0.2) is 17.7 Å². The summed E-state index contributed by atoms with van der Waals surface area (Å²) in [7, 11) is 0. The summed E-state index contributed by atoms with van der Waals surface area (Å²) in [4.78, 5) is 12.5. The van der Waals surface area contributed by atoms with Crippen molar-refractivity contribution >= 4 is 5.97 Å². The van der Waals surface area contributed by atoms with Gasteiger partial charge in [-0.05, 0) is 25.8 Å². The van der Waals surface area contributed by atoms with Gasteiger partial charge in [0.25, 0.3) is 0 Å². The smallest absolute Gasteiger partial charge is 0.316 e. The molecule has 1 aromatic carbocycles. The number of phenols is 1. The Labute approximate surface area is 122 Å². The Hall–Kier alpha value is -1.51. The number of benzene rings is 1. The zero-order chi connectivity index (χ0) is 15.0. The minimum atomic E-state index is -0.769. The summed E-state index contributed by atoms with van der Waals surface area (Å²) in [5.74, 6) is -0.0700. The van der Waals surface area contributed by atoms with E-state index in [9.17, 15) is 9.90 Å². The Morgan fingerprint density at radius 2 is 1.85 bits per heavy atom. The molecule has 0 amide bonds. The molecule has 1 aromatic rings. The Morgan fingerprint density at radius 3 is 2.45 bits per heavy atom. The molecule has 0 spiro atoms. The van der Waals surface area contributed by atoms with Crippen LogP contribution in [0.3, 0.4) is 0 Å². The molecule has 3 heteroatoms. The van der Waals surface area contributed by atoms with Crippen LogP contribution >= 0.6 is 0 Å². The SMILES string of the molecule is CCCCOC(=O)C(C)(CCCC)c1ccccc1O. The van der Waals surface area contributed by atoms with Crippen molar-refractivity contribution in [3.8, 4) is 5.75 Å². The van der Waals surface area contributed by atoms with Crippen LogP contribution in [0.5, 0.6) is 5.75 Å². The van der Waals surface area contributed by atoms with Gasteiger partial charge in [-0.2, -0.15) is 0 Å². The molecule has 0 fully saturated rings. The largest absolute Gasteiger partial charge is 0.508 e. The normalized spacial score (nSPS) is 13.8. The summed E-state index contributed by atoms with van der Waals surface area (Å²) < 4.78 is 5.40. The summed E-state index contributed by atoms with van der Waals surface area (Å²) in [5.41, 5.74) is -0.107. The maximum Gasteiger partial charge on any atom is 0.316 e. The van der Waals surface area contributed by atoms with Crippen molar-refractivity contribution in [2.45, 2.75) is 58.3 Å². The van der Waals surface area contributed by atoms with Crippen molar-refractivity contribution in [1.82, 2.24) is 0 Å². The molecular formula is C17H26O3. The molecular weight excluding hydrogens is 252 g/mol. The number of esters is 1. The van der Waals surface area contributed by atoms with Gasteiger partial charge in [-0.3, -0.25) is 4.79 Å². The van der Waals surface area contributed by atoms with Crippen LogP contribution in [0.4, 0.5) is 0 Å². The second kappa shape index (κ2) is 7.93. The summed E-state index contributed by atoms with van der Waals surface area (Å²) in [6.07, 6.45) is 4.48. The number of rotatable bonds is 8. The number of para-hydroxylation sites is 1. The number of unbranched alkanes of at least 4 members (excludes halogenated alkanes) is 2. The number of ether oxygens (including phenoxy) is 1. The molecule has 1 atom stereocenters. The first kappa shape index (κ1) is 16.5. The number of phenolic OH excluding ortho intramolecular Hbond substituents is 1. The molecule has 20 heavy (non-hydrogen) atoms. The third-order valence-electron chi connectivity index (χ3n) is 3.71. The number of aromatic hydroxyl groups is 1. The topological polar surface area (TPSA) is 46.5 Å². The highest BCUT2D eigenvalue weighted by Gasteiger charge is 2.38. The highest BCUT2D eigenvalue weighted by Crippen LogP contribution is 2.36. The minimum absolute atomic E-state index is 0.165. The van der Waals surface area contributed by atoms with E-state index in [-0.39, 0.29) is 11.7 Å². The van der Waals surface area contributed by atoms with Gasteiger partial charge >= 0.3 is 5.97 Å². The van der Waals surface area contributed by atoms with E-state index in [1.165, 1.54) is 0 Å². The molecule has 1 unspecified atom stereocenters. The fraction of sp³-hybridized carbons (Fsp3) is 0.588. The van der Waals surface area contributed by atoms with E-state index in [1.54, 1.807) is 12.1 Å². The second-order valence-corrected chi connectivity index (χ2v) is 5.44. The molecule has 0 aromatic heterocycles. The maximum atomic E-state index is 12.5.